The maximum atomic E-state index is 12.7. The van der Waals surface area contributed by atoms with Gasteiger partial charge < -0.3 is 5.73 Å². The topological polar surface area (TPSA) is 63.4 Å². The minimum absolute atomic E-state index is 0.163. The van der Waals surface area contributed by atoms with Crippen LogP contribution in [0.2, 0.25) is 5.02 Å². The van der Waals surface area contributed by atoms with Crippen LogP contribution in [0, 0.1) is 12.8 Å². The monoisotopic (exact) mass is 300 g/mol. The zero-order chi connectivity index (χ0) is 13.8. The Hall–Kier alpha value is -0.780. The Morgan fingerprint density at radius 1 is 1.37 bits per heavy atom. The van der Waals surface area contributed by atoms with Crippen LogP contribution in [0.25, 0.3) is 0 Å². The fourth-order valence-electron chi connectivity index (χ4n) is 3.13. The number of sulfonamides is 1. The quantitative estimate of drug-likeness (QED) is 0.853. The highest BCUT2D eigenvalue weighted by Gasteiger charge is 2.44. The number of benzene rings is 1. The molecule has 0 spiro atoms. The maximum absolute atomic E-state index is 12.7. The summed E-state index contributed by atoms with van der Waals surface area (Å²) >= 11 is 6.05. The summed E-state index contributed by atoms with van der Waals surface area (Å²) < 4.78 is 26.9. The summed E-state index contributed by atoms with van der Waals surface area (Å²) in [6, 6.07) is 3.19. The number of fused-ring (bicyclic) bond motifs is 2. The Balaban J connectivity index is 2.01. The highest BCUT2D eigenvalue weighted by atomic mass is 35.5. The molecule has 4 nitrogen and oxygen atoms in total. The maximum Gasteiger partial charge on any atom is 0.243 e. The van der Waals surface area contributed by atoms with Crippen LogP contribution in [0.15, 0.2) is 17.0 Å². The van der Waals surface area contributed by atoms with Crippen molar-refractivity contribution in [3.8, 4) is 0 Å². The fourth-order valence-corrected chi connectivity index (χ4v) is 5.23. The van der Waals surface area contributed by atoms with E-state index in [-0.39, 0.29) is 10.9 Å². The van der Waals surface area contributed by atoms with Crippen LogP contribution in [-0.2, 0) is 10.0 Å². The Labute approximate surface area is 118 Å². The number of anilines is 1. The predicted octanol–water partition coefficient (Wildman–Crippen LogP) is 2.40. The van der Waals surface area contributed by atoms with Gasteiger partial charge in [0.15, 0.2) is 0 Å². The van der Waals surface area contributed by atoms with Crippen molar-refractivity contribution < 1.29 is 8.42 Å². The molecule has 6 heteroatoms. The summed E-state index contributed by atoms with van der Waals surface area (Å²) in [5.41, 5.74) is 6.98. The van der Waals surface area contributed by atoms with Crippen molar-refractivity contribution in [3.05, 3.63) is 22.7 Å². The van der Waals surface area contributed by atoms with Crippen molar-refractivity contribution in [3.63, 3.8) is 0 Å². The Kier molecular flexibility index (Phi) is 3.04. The minimum atomic E-state index is -3.46. The normalized spacial score (nSPS) is 27.1. The van der Waals surface area contributed by atoms with Gasteiger partial charge in [0.25, 0.3) is 0 Å². The van der Waals surface area contributed by atoms with E-state index in [1.54, 1.807) is 11.2 Å². The molecule has 1 aliphatic carbocycles. The first-order valence-electron chi connectivity index (χ1n) is 6.47. The van der Waals surface area contributed by atoms with Gasteiger partial charge in [0.05, 0.1) is 4.90 Å². The fraction of sp³-hybridized carbons (Fsp3) is 0.538. The average Bonchev–Trinajstić information content (AvgIpc) is 2.97. The van der Waals surface area contributed by atoms with Crippen molar-refractivity contribution in [2.75, 3.05) is 12.3 Å². The van der Waals surface area contributed by atoms with E-state index in [1.165, 1.54) is 12.1 Å². The van der Waals surface area contributed by atoms with E-state index in [4.69, 9.17) is 17.3 Å². The molecule has 2 atom stereocenters. The molecule has 1 saturated heterocycles. The van der Waals surface area contributed by atoms with Crippen LogP contribution >= 0.6 is 11.6 Å². The summed E-state index contributed by atoms with van der Waals surface area (Å²) in [6.45, 7) is 2.42. The molecule has 0 radical (unpaired) electrons. The summed E-state index contributed by atoms with van der Waals surface area (Å²) in [6.07, 6.45) is 3.11. The highest BCUT2D eigenvalue weighted by Crippen LogP contribution is 2.41. The molecule has 19 heavy (non-hydrogen) atoms. The molecule has 1 heterocycles. The highest BCUT2D eigenvalue weighted by molar-refractivity contribution is 7.89. The van der Waals surface area contributed by atoms with Crippen LogP contribution in [0.4, 0.5) is 5.69 Å². The van der Waals surface area contributed by atoms with Crippen molar-refractivity contribution in [1.29, 1.82) is 0 Å². The second-order valence-corrected chi connectivity index (χ2v) is 7.82. The van der Waals surface area contributed by atoms with Gasteiger partial charge in [0.2, 0.25) is 10.0 Å². The largest absolute Gasteiger partial charge is 0.398 e. The smallest absolute Gasteiger partial charge is 0.243 e. The van der Waals surface area contributed by atoms with Crippen molar-refractivity contribution in [2.24, 2.45) is 5.92 Å². The van der Waals surface area contributed by atoms with Crippen LogP contribution < -0.4 is 5.73 Å². The number of nitrogens with zero attached hydrogens (tertiary/aromatic N) is 1. The molecule has 1 aromatic rings. The first kappa shape index (κ1) is 13.2. The van der Waals surface area contributed by atoms with Crippen molar-refractivity contribution in [2.45, 2.75) is 37.1 Å². The molecule has 2 bridgehead atoms. The molecule has 1 saturated carbocycles. The second-order valence-electron chi connectivity index (χ2n) is 5.53. The van der Waals surface area contributed by atoms with Crippen molar-refractivity contribution in [1.82, 2.24) is 4.31 Å². The Morgan fingerprint density at radius 3 is 2.63 bits per heavy atom. The van der Waals surface area contributed by atoms with Gasteiger partial charge in [0.1, 0.15) is 0 Å². The van der Waals surface area contributed by atoms with Gasteiger partial charge in [0, 0.05) is 23.3 Å². The number of rotatable bonds is 2. The minimum Gasteiger partial charge on any atom is -0.398 e. The molecule has 2 fully saturated rings. The molecule has 2 N–H and O–H groups in total. The first-order valence-corrected chi connectivity index (χ1v) is 8.29. The number of hydrogen-bond acceptors (Lipinski definition) is 3. The van der Waals surface area contributed by atoms with Gasteiger partial charge in [-0.2, -0.15) is 4.31 Å². The van der Waals surface area contributed by atoms with Gasteiger partial charge in [-0.15, -0.1) is 0 Å². The van der Waals surface area contributed by atoms with E-state index in [1.807, 2.05) is 0 Å². The number of nitrogens with two attached hydrogens (primary N) is 1. The molecule has 0 aromatic heterocycles. The lowest BCUT2D eigenvalue weighted by Gasteiger charge is -2.26. The van der Waals surface area contributed by atoms with E-state index in [0.29, 0.717) is 23.2 Å². The molecule has 104 valence electrons. The lowest BCUT2D eigenvalue weighted by Crippen LogP contribution is -2.37. The van der Waals surface area contributed by atoms with E-state index < -0.39 is 10.0 Å². The third-order valence-electron chi connectivity index (χ3n) is 4.32. The van der Waals surface area contributed by atoms with Gasteiger partial charge in [-0.3, -0.25) is 0 Å². The second kappa shape index (κ2) is 4.36. The van der Waals surface area contributed by atoms with Crippen LogP contribution in [0.1, 0.15) is 24.8 Å². The summed E-state index contributed by atoms with van der Waals surface area (Å²) in [5.74, 6) is 0.526. The molecular formula is C13H17ClN2O2S. The predicted molar refractivity (Wildman–Crippen MR) is 75.6 cm³/mol. The number of halogens is 1. The lowest BCUT2D eigenvalue weighted by atomic mass is 10.1. The standard InChI is InChI=1S/C13H17ClN2O2S/c1-8-12(14)5-11(6-13(8)15)19(17,18)16-7-9-2-3-10(16)4-9/h5-6,9-10H,2-4,7,15H2,1H3. The number of hydrogen-bond donors (Lipinski definition) is 1. The third-order valence-corrected chi connectivity index (χ3v) is 6.61. The van der Waals surface area contributed by atoms with E-state index in [2.05, 4.69) is 0 Å². The third kappa shape index (κ3) is 2.04. The zero-order valence-electron chi connectivity index (χ0n) is 10.8. The van der Waals surface area contributed by atoms with Gasteiger partial charge in [-0.05, 0) is 49.8 Å². The summed E-state index contributed by atoms with van der Waals surface area (Å²) in [7, 11) is -3.46. The van der Waals surface area contributed by atoms with Gasteiger partial charge in [-0.1, -0.05) is 11.6 Å². The SMILES string of the molecule is Cc1c(N)cc(S(=O)(=O)N2CC3CCC2C3)cc1Cl. The molecule has 1 aliphatic heterocycles. The molecule has 2 unspecified atom stereocenters. The summed E-state index contributed by atoms with van der Waals surface area (Å²) in [4.78, 5) is 0.216. The molecule has 0 amide bonds. The van der Waals surface area contributed by atoms with Gasteiger partial charge >= 0.3 is 0 Å². The van der Waals surface area contributed by atoms with Crippen molar-refractivity contribution >= 4 is 27.3 Å². The lowest BCUT2D eigenvalue weighted by molar-refractivity contribution is 0.333. The molecule has 3 rings (SSSR count). The first-order chi connectivity index (χ1) is 8.89. The zero-order valence-corrected chi connectivity index (χ0v) is 12.3. The summed E-state index contributed by atoms with van der Waals surface area (Å²) in [5, 5.41) is 0.405. The molecular weight excluding hydrogens is 284 g/mol. The average molecular weight is 301 g/mol. The van der Waals surface area contributed by atoms with E-state index >= 15 is 0 Å². The number of nitrogen functional groups attached to an aromatic ring is 1. The Bertz CT molecular complexity index is 607. The van der Waals surface area contributed by atoms with E-state index in [9.17, 15) is 8.42 Å². The number of piperidine rings is 1. The van der Waals surface area contributed by atoms with Gasteiger partial charge in [-0.25, -0.2) is 8.42 Å². The van der Waals surface area contributed by atoms with Crippen LogP contribution in [0.5, 0.6) is 0 Å². The van der Waals surface area contributed by atoms with Crippen LogP contribution in [-0.4, -0.2) is 25.3 Å². The molecule has 2 aliphatic rings. The Morgan fingerprint density at radius 2 is 2.11 bits per heavy atom. The van der Waals surface area contributed by atoms with E-state index in [0.717, 1.165) is 24.8 Å². The van der Waals surface area contributed by atoms with Crippen LogP contribution in [0.3, 0.4) is 0 Å². The molecule has 1 aromatic carbocycles.